The molecule has 1 N–H and O–H groups in total. The summed E-state index contributed by atoms with van der Waals surface area (Å²) in [6, 6.07) is 16.4. The molecular formula is C24H23NO5. The zero-order valence-electron chi connectivity index (χ0n) is 16.7. The van der Waals surface area contributed by atoms with Crippen LogP contribution in [0.4, 0.5) is 0 Å². The molecule has 0 unspecified atom stereocenters. The molecule has 2 aromatic carbocycles. The SMILES string of the molecule is COc1cc(C(=O)O)ccc1COc1cccc(-c2ccc(OCC3CC3)nc2)c1. The van der Waals surface area contributed by atoms with Crippen LogP contribution in [0.5, 0.6) is 17.4 Å². The molecule has 1 saturated carbocycles. The van der Waals surface area contributed by atoms with Crippen molar-refractivity contribution in [3.8, 4) is 28.5 Å². The van der Waals surface area contributed by atoms with E-state index in [1.165, 1.54) is 26.0 Å². The number of hydrogen-bond donors (Lipinski definition) is 1. The Kier molecular flexibility index (Phi) is 5.84. The number of nitrogens with zero attached hydrogens (tertiary/aromatic N) is 1. The predicted octanol–water partition coefficient (Wildman–Crippen LogP) is 4.82. The number of hydrogen-bond acceptors (Lipinski definition) is 5. The van der Waals surface area contributed by atoms with E-state index in [1.807, 2.05) is 36.4 Å². The van der Waals surface area contributed by atoms with Gasteiger partial charge in [0.2, 0.25) is 5.88 Å². The van der Waals surface area contributed by atoms with Crippen LogP contribution >= 0.6 is 0 Å². The molecule has 30 heavy (non-hydrogen) atoms. The van der Waals surface area contributed by atoms with Crippen LogP contribution in [0, 0.1) is 5.92 Å². The van der Waals surface area contributed by atoms with Gasteiger partial charge >= 0.3 is 5.97 Å². The third kappa shape index (κ3) is 4.89. The molecule has 1 aliphatic carbocycles. The van der Waals surface area contributed by atoms with Crippen molar-refractivity contribution in [2.24, 2.45) is 5.92 Å². The van der Waals surface area contributed by atoms with Gasteiger partial charge in [-0.3, -0.25) is 0 Å². The summed E-state index contributed by atoms with van der Waals surface area (Å²) >= 11 is 0. The van der Waals surface area contributed by atoms with E-state index in [9.17, 15) is 4.79 Å². The Morgan fingerprint density at radius 3 is 2.63 bits per heavy atom. The second kappa shape index (κ2) is 8.86. The molecule has 6 heteroatoms. The number of rotatable bonds is 9. The molecule has 0 amide bonds. The molecule has 154 valence electrons. The van der Waals surface area contributed by atoms with E-state index >= 15 is 0 Å². The first kappa shape index (κ1) is 19.8. The summed E-state index contributed by atoms with van der Waals surface area (Å²) in [7, 11) is 1.51. The highest BCUT2D eigenvalue weighted by atomic mass is 16.5. The second-order valence-electron chi connectivity index (χ2n) is 7.29. The smallest absolute Gasteiger partial charge is 0.335 e. The van der Waals surface area contributed by atoms with Gasteiger partial charge in [0.1, 0.15) is 18.1 Å². The minimum Gasteiger partial charge on any atom is -0.496 e. The molecule has 0 aliphatic heterocycles. The van der Waals surface area contributed by atoms with E-state index in [2.05, 4.69) is 4.98 Å². The number of benzene rings is 2. The Morgan fingerprint density at radius 2 is 1.93 bits per heavy atom. The van der Waals surface area contributed by atoms with E-state index in [0.29, 0.717) is 23.3 Å². The van der Waals surface area contributed by atoms with Gasteiger partial charge < -0.3 is 19.3 Å². The van der Waals surface area contributed by atoms with Gasteiger partial charge in [-0.15, -0.1) is 0 Å². The van der Waals surface area contributed by atoms with Gasteiger partial charge in [-0.25, -0.2) is 9.78 Å². The second-order valence-corrected chi connectivity index (χ2v) is 7.29. The van der Waals surface area contributed by atoms with E-state index in [1.54, 1.807) is 18.3 Å². The summed E-state index contributed by atoms with van der Waals surface area (Å²) in [4.78, 5) is 15.5. The number of carbonyl (C=O) groups is 1. The van der Waals surface area contributed by atoms with Crippen molar-refractivity contribution < 1.29 is 24.1 Å². The monoisotopic (exact) mass is 405 g/mol. The van der Waals surface area contributed by atoms with Crippen molar-refractivity contribution in [3.63, 3.8) is 0 Å². The molecule has 6 nitrogen and oxygen atoms in total. The van der Waals surface area contributed by atoms with Gasteiger partial charge in [-0.2, -0.15) is 0 Å². The molecular weight excluding hydrogens is 382 g/mol. The van der Waals surface area contributed by atoms with Crippen molar-refractivity contribution in [3.05, 3.63) is 71.9 Å². The lowest BCUT2D eigenvalue weighted by Gasteiger charge is -2.12. The standard InChI is InChI=1S/C24H23NO5/c1-28-22-12-18(24(26)27)7-8-20(22)15-29-21-4-2-3-17(11-21)19-9-10-23(25-13-19)30-14-16-5-6-16/h2-4,7-13,16H,5-6,14-15H2,1H3,(H,26,27). The molecule has 0 radical (unpaired) electrons. The molecule has 0 bridgehead atoms. The minimum atomic E-state index is -0.994. The fourth-order valence-electron chi connectivity index (χ4n) is 3.05. The summed E-state index contributed by atoms with van der Waals surface area (Å²) < 4.78 is 16.9. The fourth-order valence-corrected chi connectivity index (χ4v) is 3.05. The zero-order valence-corrected chi connectivity index (χ0v) is 16.7. The van der Waals surface area contributed by atoms with Crippen LogP contribution in [0.1, 0.15) is 28.8 Å². The van der Waals surface area contributed by atoms with Gasteiger partial charge in [-0.05, 0) is 54.7 Å². The van der Waals surface area contributed by atoms with E-state index in [4.69, 9.17) is 19.3 Å². The van der Waals surface area contributed by atoms with Gasteiger partial charge in [0.15, 0.2) is 0 Å². The Labute approximate surface area is 175 Å². The molecule has 3 aromatic rings. The number of pyridine rings is 1. The lowest BCUT2D eigenvalue weighted by atomic mass is 10.1. The number of aromatic nitrogens is 1. The Bertz CT molecular complexity index is 1030. The third-order valence-electron chi connectivity index (χ3n) is 5.00. The maximum absolute atomic E-state index is 11.1. The average molecular weight is 405 g/mol. The molecule has 0 atom stereocenters. The lowest BCUT2D eigenvalue weighted by molar-refractivity contribution is 0.0696. The summed E-state index contributed by atoms with van der Waals surface area (Å²) in [6.45, 7) is 1.01. The molecule has 0 spiro atoms. The van der Waals surface area contributed by atoms with Crippen LogP contribution in [0.3, 0.4) is 0 Å². The molecule has 1 fully saturated rings. The van der Waals surface area contributed by atoms with Crippen LogP contribution in [0.15, 0.2) is 60.8 Å². The number of ether oxygens (including phenoxy) is 3. The summed E-state index contributed by atoms with van der Waals surface area (Å²) in [5.41, 5.74) is 2.91. The zero-order chi connectivity index (χ0) is 20.9. The molecule has 1 heterocycles. The summed E-state index contributed by atoms with van der Waals surface area (Å²) in [6.07, 6.45) is 4.30. The van der Waals surface area contributed by atoms with E-state index < -0.39 is 5.97 Å². The van der Waals surface area contributed by atoms with Gasteiger partial charge in [0.05, 0.1) is 19.3 Å². The molecule has 4 rings (SSSR count). The first-order valence-corrected chi connectivity index (χ1v) is 9.84. The van der Waals surface area contributed by atoms with Crippen molar-refractivity contribution in [2.45, 2.75) is 19.4 Å². The molecule has 1 aliphatic rings. The number of carboxylic acids is 1. The van der Waals surface area contributed by atoms with Gasteiger partial charge in [-0.1, -0.05) is 18.2 Å². The number of aromatic carboxylic acids is 1. The highest BCUT2D eigenvalue weighted by Gasteiger charge is 2.22. The largest absolute Gasteiger partial charge is 0.496 e. The van der Waals surface area contributed by atoms with Crippen LogP contribution < -0.4 is 14.2 Å². The van der Waals surface area contributed by atoms with Gasteiger partial charge in [0.25, 0.3) is 0 Å². The van der Waals surface area contributed by atoms with Crippen LogP contribution in [-0.4, -0.2) is 29.8 Å². The number of carboxylic acid groups (broad SMARTS) is 1. The maximum atomic E-state index is 11.1. The minimum absolute atomic E-state index is 0.176. The topological polar surface area (TPSA) is 77.9 Å². The summed E-state index contributed by atoms with van der Waals surface area (Å²) in [5, 5.41) is 9.12. The Balaban J connectivity index is 1.42. The average Bonchev–Trinajstić information content (AvgIpc) is 3.61. The third-order valence-corrected chi connectivity index (χ3v) is 5.00. The fraction of sp³-hybridized carbons (Fsp3) is 0.250. The van der Waals surface area contributed by atoms with E-state index in [0.717, 1.165) is 23.3 Å². The van der Waals surface area contributed by atoms with Crippen LogP contribution in [-0.2, 0) is 6.61 Å². The van der Waals surface area contributed by atoms with Crippen molar-refractivity contribution in [1.82, 2.24) is 4.98 Å². The highest BCUT2D eigenvalue weighted by molar-refractivity contribution is 5.88. The Morgan fingerprint density at radius 1 is 1.07 bits per heavy atom. The maximum Gasteiger partial charge on any atom is 0.335 e. The van der Waals surface area contributed by atoms with Gasteiger partial charge in [0, 0.05) is 23.4 Å². The Hall–Kier alpha value is -3.54. The normalized spacial score (nSPS) is 13.0. The van der Waals surface area contributed by atoms with Crippen molar-refractivity contribution in [2.75, 3.05) is 13.7 Å². The first-order chi connectivity index (χ1) is 14.6. The number of methoxy groups -OCH3 is 1. The van der Waals surface area contributed by atoms with Crippen molar-refractivity contribution >= 4 is 5.97 Å². The van der Waals surface area contributed by atoms with Crippen molar-refractivity contribution in [1.29, 1.82) is 0 Å². The summed E-state index contributed by atoms with van der Waals surface area (Å²) in [5.74, 6) is 1.53. The van der Waals surface area contributed by atoms with E-state index in [-0.39, 0.29) is 12.2 Å². The first-order valence-electron chi connectivity index (χ1n) is 9.84. The lowest BCUT2D eigenvalue weighted by Crippen LogP contribution is -2.02. The predicted molar refractivity (Wildman–Crippen MR) is 112 cm³/mol. The molecule has 0 saturated heterocycles. The quantitative estimate of drug-likeness (QED) is 0.550. The molecule has 1 aromatic heterocycles. The van der Waals surface area contributed by atoms with Crippen LogP contribution in [0.2, 0.25) is 0 Å². The highest BCUT2D eigenvalue weighted by Crippen LogP contribution is 2.30. The van der Waals surface area contributed by atoms with Crippen LogP contribution in [0.25, 0.3) is 11.1 Å².